The number of nitrogens with two attached hydrogens (primary N) is 1. The van der Waals surface area contributed by atoms with Crippen LogP contribution in [-0.2, 0) is 5.54 Å². The summed E-state index contributed by atoms with van der Waals surface area (Å²) < 4.78 is 15.0. The standard InChI is InChI=1S/C14H18FN5/c1-14(7-3-2-4-8-14)20-13(17-18-19-20)11-6-5-10(15)9-12(11)16/h5-6,9H,2-4,7-8,16H2,1H3. The number of aromatic nitrogens is 4. The SMILES string of the molecule is CC1(n2nnnc2-c2ccc(F)cc2N)CCCCC1. The topological polar surface area (TPSA) is 69.6 Å². The lowest BCUT2D eigenvalue weighted by atomic mass is 9.83. The lowest BCUT2D eigenvalue weighted by Crippen LogP contribution is -2.34. The highest BCUT2D eigenvalue weighted by molar-refractivity contribution is 5.71. The molecule has 20 heavy (non-hydrogen) atoms. The molecule has 1 aromatic carbocycles. The van der Waals surface area contributed by atoms with Crippen LogP contribution in [0.2, 0.25) is 0 Å². The summed E-state index contributed by atoms with van der Waals surface area (Å²) in [5, 5.41) is 12.1. The van der Waals surface area contributed by atoms with Crippen molar-refractivity contribution in [1.29, 1.82) is 0 Å². The van der Waals surface area contributed by atoms with Crippen molar-refractivity contribution in [1.82, 2.24) is 20.2 Å². The summed E-state index contributed by atoms with van der Waals surface area (Å²) in [6.45, 7) is 2.17. The fourth-order valence-corrected chi connectivity index (χ4v) is 2.98. The largest absolute Gasteiger partial charge is 0.398 e. The molecule has 3 rings (SSSR count). The smallest absolute Gasteiger partial charge is 0.184 e. The summed E-state index contributed by atoms with van der Waals surface area (Å²) in [6.07, 6.45) is 5.70. The van der Waals surface area contributed by atoms with Crippen molar-refractivity contribution in [2.24, 2.45) is 0 Å². The number of rotatable bonds is 2. The van der Waals surface area contributed by atoms with Gasteiger partial charge in [-0.05, 0) is 48.4 Å². The third-order valence-electron chi connectivity index (χ3n) is 4.17. The van der Waals surface area contributed by atoms with Gasteiger partial charge in [0.1, 0.15) is 5.82 Å². The minimum absolute atomic E-state index is 0.0854. The summed E-state index contributed by atoms with van der Waals surface area (Å²) in [5.41, 5.74) is 6.86. The molecule has 0 aliphatic heterocycles. The first-order valence-electron chi connectivity index (χ1n) is 6.94. The Labute approximate surface area is 117 Å². The van der Waals surface area contributed by atoms with E-state index in [9.17, 15) is 4.39 Å². The van der Waals surface area contributed by atoms with Gasteiger partial charge in [0.15, 0.2) is 5.82 Å². The zero-order valence-electron chi connectivity index (χ0n) is 11.5. The number of hydrogen-bond acceptors (Lipinski definition) is 4. The molecule has 5 nitrogen and oxygen atoms in total. The van der Waals surface area contributed by atoms with Gasteiger partial charge in [-0.15, -0.1) is 5.10 Å². The number of tetrazole rings is 1. The first-order valence-corrected chi connectivity index (χ1v) is 6.94. The Hall–Kier alpha value is -1.98. The Kier molecular flexibility index (Phi) is 3.16. The van der Waals surface area contributed by atoms with E-state index in [2.05, 4.69) is 22.4 Å². The van der Waals surface area contributed by atoms with E-state index in [-0.39, 0.29) is 11.4 Å². The van der Waals surface area contributed by atoms with Crippen molar-refractivity contribution in [3.8, 4) is 11.4 Å². The summed E-state index contributed by atoms with van der Waals surface area (Å²) in [6, 6.07) is 4.32. The lowest BCUT2D eigenvalue weighted by Gasteiger charge is -2.34. The van der Waals surface area contributed by atoms with Crippen LogP contribution in [-0.4, -0.2) is 20.2 Å². The molecule has 1 aromatic heterocycles. The van der Waals surface area contributed by atoms with Crippen LogP contribution in [0.3, 0.4) is 0 Å². The van der Waals surface area contributed by atoms with E-state index < -0.39 is 0 Å². The van der Waals surface area contributed by atoms with Crippen molar-refractivity contribution in [2.45, 2.75) is 44.6 Å². The van der Waals surface area contributed by atoms with Crippen molar-refractivity contribution >= 4 is 5.69 Å². The molecule has 0 radical (unpaired) electrons. The normalized spacial score (nSPS) is 18.1. The van der Waals surface area contributed by atoms with Crippen LogP contribution in [0.5, 0.6) is 0 Å². The van der Waals surface area contributed by atoms with E-state index in [1.54, 1.807) is 6.07 Å². The maximum absolute atomic E-state index is 13.2. The molecule has 2 aromatic rings. The summed E-state index contributed by atoms with van der Waals surface area (Å²) in [5.74, 6) is 0.265. The van der Waals surface area contributed by atoms with Gasteiger partial charge in [0.25, 0.3) is 0 Å². The second-order valence-electron chi connectivity index (χ2n) is 5.70. The van der Waals surface area contributed by atoms with Gasteiger partial charge < -0.3 is 5.73 Å². The predicted molar refractivity (Wildman–Crippen MR) is 74.4 cm³/mol. The van der Waals surface area contributed by atoms with Crippen LogP contribution in [0, 0.1) is 5.82 Å². The monoisotopic (exact) mass is 275 g/mol. The molecule has 1 saturated carbocycles. The van der Waals surface area contributed by atoms with Gasteiger partial charge in [-0.2, -0.15) is 0 Å². The quantitative estimate of drug-likeness (QED) is 0.855. The average molecular weight is 275 g/mol. The van der Waals surface area contributed by atoms with Crippen molar-refractivity contribution in [3.05, 3.63) is 24.0 Å². The zero-order chi connectivity index (χ0) is 14.2. The first-order chi connectivity index (χ1) is 9.60. The summed E-state index contributed by atoms with van der Waals surface area (Å²) >= 11 is 0. The Morgan fingerprint density at radius 2 is 2.00 bits per heavy atom. The lowest BCUT2D eigenvalue weighted by molar-refractivity contribution is 0.197. The molecule has 1 fully saturated rings. The second-order valence-corrected chi connectivity index (χ2v) is 5.70. The molecular formula is C14H18FN5. The van der Waals surface area contributed by atoms with Crippen LogP contribution in [0.25, 0.3) is 11.4 Å². The summed E-state index contributed by atoms with van der Waals surface area (Å²) in [7, 11) is 0. The molecular weight excluding hydrogens is 257 g/mol. The number of nitrogens with zero attached hydrogens (tertiary/aromatic N) is 4. The van der Waals surface area contributed by atoms with E-state index in [0.29, 0.717) is 17.1 Å². The van der Waals surface area contributed by atoms with Gasteiger partial charge >= 0.3 is 0 Å². The number of benzene rings is 1. The van der Waals surface area contributed by atoms with Crippen LogP contribution < -0.4 is 5.73 Å². The van der Waals surface area contributed by atoms with Gasteiger partial charge in [0, 0.05) is 11.3 Å². The second kappa shape index (κ2) is 4.85. The number of hydrogen-bond donors (Lipinski definition) is 1. The van der Waals surface area contributed by atoms with Crippen LogP contribution >= 0.6 is 0 Å². The molecule has 0 saturated heterocycles. The average Bonchev–Trinajstić information content (AvgIpc) is 2.89. The Bertz CT molecular complexity index is 616. The highest BCUT2D eigenvalue weighted by atomic mass is 19.1. The van der Waals surface area contributed by atoms with Crippen molar-refractivity contribution in [2.75, 3.05) is 5.73 Å². The van der Waals surface area contributed by atoms with E-state index in [4.69, 9.17) is 5.73 Å². The van der Waals surface area contributed by atoms with Crippen LogP contribution in [0.1, 0.15) is 39.0 Å². The highest BCUT2D eigenvalue weighted by Crippen LogP contribution is 2.37. The van der Waals surface area contributed by atoms with E-state index in [1.165, 1.54) is 31.4 Å². The number of halogens is 1. The van der Waals surface area contributed by atoms with Crippen LogP contribution in [0.4, 0.5) is 10.1 Å². The number of nitrogen functional groups attached to an aromatic ring is 1. The maximum Gasteiger partial charge on any atom is 0.184 e. The Morgan fingerprint density at radius 3 is 2.70 bits per heavy atom. The first kappa shape index (κ1) is 13.0. The van der Waals surface area contributed by atoms with E-state index in [0.717, 1.165) is 12.8 Å². The van der Waals surface area contributed by atoms with E-state index >= 15 is 0 Å². The molecule has 106 valence electrons. The molecule has 1 aliphatic carbocycles. The Balaban J connectivity index is 2.05. The predicted octanol–water partition coefficient (Wildman–Crippen LogP) is 2.74. The molecule has 1 heterocycles. The fourth-order valence-electron chi connectivity index (χ4n) is 2.98. The minimum atomic E-state index is -0.353. The molecule has 0 spiro atoms. The molecule has 0 unspecified atom stereocenters. The molecule has 0 bridgehead atoms. The molecule has 0 atom stereocenters. The molecule has 0 amide bonds. The number of anilines is 1. The molecule has 2 N–H and O–H groups in total. The van der Waals surface area contributed by atoms with Gasteiger partial charge in [-0.25, -0.2) is 9.07 Å². The van der Waals surface area contributed by atoms with E-state index in [1.807, 2.05) is 4.68 Å². The van der Waals surface area contributed by atoms with Gasteiger partial charge in [-0.1, -0.05) is 19.3 Å². The minimum Gasteiger partial charge on any atom is -0.398 e. The third kappa shape index (κ3) is 2.15. The van der Waals surface area contributed by atoms with Crippen LogP contribution in [0.15, 0.2) is 18.2 Å². The third-order valence-corrected chi connectivity index (χ3v) is 4.17. The van der Waals surface area contributed by atoms with Gasteiger partial charge in [-0.3, -0.25) is 0 Å². The van der Waals surface area contributed by atoms with Gasteiger partial charge in [0.05, 0.1) is 5.54 Å². The molecule has 6 heteroatoms. The van der Waals surface area contributed by atoms with Gasteiger partial charge in [0.2, 0.25) is 0 Å². The highest BCUT2D eigenvalue weighted by Gasteiger charge is 2.33. The summed E-state index contributed by atoms with van der Waals surface area (Å²) in [4.78, 5) is 0. The van der Waals surface area contributed by atoms with Crippen molar-refractivity contribution in [3.63, 3.8) is 0 Å². The molecule has 1 aliphatic rings. The maximum atomic E-state index is 13.2. The Morgan fingerprint density at radius 1 is 1.25 bits per heavy atom. The zero-order valence-corrected chi connectivity index (χ0v) is 11.5. The van der Waals surface area contributed by atoms with Crippen molar-refractivity contribution < 1.29 is 4.39 Å². The fraction of sp³-hybridized carbons (Fsp3) is 0.500.